The third-order valence-corrected chi connectivity index (χ3v) is 3.93. The summed E-state index contributed by atoms with van der Waals surface area (Å²) < 4.78 is 11.2. The van der Waals surface area contributed by atoms with Crippen molar-refractivity contribution in [1.29, 1.82) is 0 Å². The van der Waals surface area contributed by atoms with Crippen LogP contribution in [0.25, 0.3) is 0 Å². The van der Waals surface area contributed by atoms with E-state index >= 15 is 0 Å². The van der Waals surface area contributed by atoms with Crippen molar-refractivity contribution in [2.75, 3.05) is 31.7 Å². The molecule has 3 rings (SSSR count). The van der Waals surface area contributed by atoms with Crippen LogP contribution in [0.1, 0.15) is 12.1 Å². The lowest BCUT2D eigenvalue weighted by atomic mass is 10.2. The standard InChI is InChI=1S/C19H23N3O3/c23-19(13-16-14-24-12-10-21-16)22-17-6-1-2-7-18(17)25-11-8-15-5-3-4-9-20-15/h1-7,9,16,21H,8,10-14H2,(H,22,23). The lowest BCUT2D eigenvalue weighted by molar-refractivity contribution is -0.117. The predicted octanol–water partition coefficient (Wildman–Crippen LogP) is 2.02. The molecule has 2 N–H and O–H groups in total. The molecule has 1 saturated heterocycles. The second-order valence-corrected chi connectivity index (χ2v) is 5.89. The van der Waals surface area contributed by atoms with Crippen molar-refractivity contribution in [2.24, 2.45) is 0 Å². The van der Waals surface area contributed by atoms with Gasteiger partial charge in [0.2, 0.25) is 5.91 Å². The summed E-state index contributed by atoms with van der Waals surface area (Å²) in [5.74, 6) is 0.614. The van der Waals surface area contributed by atoms with Crippen LogP contribution < -0.4 is 15.4 Å². The Hall–Kier alpha value is -2.44. The van der Waals surface area contributed by atoms with Crippen LogP contribution in [0.5, 0.6) is 5.75 Å². The molecule has 2 aromatic rings. The number of para-hydroxylation sites is 2. The van der Waals surface area contributed by atoms with Gasteiger partial charge in [0.25, 0.3) is 0 Å². The van der Waals surface area contributed by atoms with Gasteiger partial charge < -0.3 is 20.1 Å². The lowest BCUT2D eigenvalue weighted by Gasteiger charge is -2.23. The third kappa shape index (κ3) is 5.55. The van der Waals surface area contributed by atoms with E-state index in [-0.39, 0.29) is 11.9 Å². The van der Waals surface area contributed by atoms with Gasteiger partial charge in [-0.3, -0.25) is 9.78 Å². The molecule has 2 heterocycles. The molecule has 0 spiro atoms. The van der Waals surface area contributed by atoms with Crippen molar-refractivity contribution >= 4 is 11.6 Å². The number of nitrogens with one attached hydrogen (secondary N) is 2. The Kier molecular flexibility index (Phi) is 6.36. The number of hydrogen-bond donors (Lipinski definition) is 2. The number of anilines is 1. The highest BCUT2D eigenvalue weighted by Gasteiger charge is 2.17. The highest BCUT2D eigenvalue weighted by atomic mass is 16.5. The molecule has 132 valence electrons. The Morgan fingerprint density at radius 1 is 1.28 bits per heavy atom. The van der Waals surface area contributed by atoms with Crippen LogP contribution >= 0.6 is 0 Å². The minimum absolute atomic E-state index is 0.0521. The van der Waals surface area contributed by atoms with Gasteiger partial charge in [-0.15, -0.1) is 0 Å². The van der Waals surface area contributed by atoms with E-state index < -0.39 is 0 Å². The van der Waals surface area contributed by atoms with Gasteiger partial charge in [0, 0.05) is 37.3 Å². The van der Waals surface area contributed by atoms with Crippen LogP contribution in [-0.2, 0) is 16.0 Å². The summed E-state index contributed by atoms with van der Waals surface area (Å²) in [5.41, 5.74) is 1.66. The number of amides is 1. The molecule has 1 aliphatic rings. The fourth-order valence-corrected chi connectivity index (χ4v) is 2.68. The van der Waals surface area contributed by atoms with E-state index in [1.807, 2.05) is 42.5 Å². The molecule has 0 radical (unpaired) electrons. The molecule has 1 aromatic heterocycles. The Bertz CT molecular complexity index is 673. The number of ether oxygens (including phenoxy) is 2. The topological polar surface area (TPSA) is 72.5 Å². The van der Waals surface area contributed by atoms with E-state index in [0.29, 0.717) is 44.1 Å². The van der Waals surface area contributed by atoms with Crippen LogP contribution in [0.15, 0.2) is 48.7 Å². The van der Waals surface area contributed by atoms with Crippen LogP contribution in [0, 0.1) is 0 Å². The molecule has 0 saturated carbocycles. The summed E-state index contributed by atoms with van der Waals surface area (Å²) in [6.45, 7) is 2.55. The van der Waals surface area contributed by atoms with Crippen LogP contribution in [-0.4, -0.2) is 43.3 Å². The first-order valence-electron chi connectivity index (χ1n) is 8.54. The number of rotatable bonds is 7. The number of hydrogen-bond acceptors (Lipinski definition) is 5. The van der Waals surface area contributed by atoms with Crippen molar-refractivity contribution in [1.82, 2.24) is 10.3 Å². The highest BCUT2D eigenvalue weighted by molar-refractivity contribution is 5.92. The average Bonchev–Trinajstić information content (AvgIpc) is 2.65. The Balaban J connectivity index is 1.52. The lowest BCUT2D eigenvalue weighted by Crippen LogP contribution is -2.43. The molecule has 1 aliphatic heterocycles. The van der Waals surface area contributed by atoms with E-state index in [0.717, 1.165) is 12.2 Å². The number of pyridine rings is 1. The maximum absolute atomic E-state index is 12.3. The second-order valence-electron chi connectivity index (χ2n) is 5.89. The first-order chi connectivity index (χ1) is 12.3. The zero-order valence-corrected chi connectivity index (χ0v) is 14.1. The Morgan fingerprint density at radius 3 is 2.96 bits per heavy atom. The van der Waals surface area contributed by atoms with Crippen LogP contribution in [0.3, 0.4) is 0 Å². The summed E-state index contributed by atoms with van der Waals surface area (Å²) in [7, 11) is 0. The van der Waals surface area contributed by atoms with E-state index in [1.54, 1.807) is 6.20 Å². The number of carbonyl (C=O) groups is 1. The van der Waals surface area contributed by atoms with Gasteiger partial charge in [0.15, 0.2) is 0 Å². The smallest absolute Gasteiger partial charge is 0.226 e. The largest absolute Gasteiger partial charge is 0.491 e. The third-order valence-electron chi connectivity index (χ3n) is 3.93. The highest BCUT2D eigenvalue weighted by Crippen LogP contribution is 2.24. The van der Waals surface area contributed by atoms with Crippen LogP contribution in [0.4, 0.5) is 5.69 Å². The summed E-state index contributed by atoms with van der Waals surface area (Å²) >= 11 is 0. The summed E-state index contributed by atoms with van der Waals surface area (Å²) in [6.07, 6.45) is 2.86. The SMILES string of the molecule is O=C(CC1COCCN1)Nc1ccccc1OCCc1ccccn1. The van der Waals surface area contributed by atoms with Gasteiger partial charge in [-0.1, -0.05) is 18.2 Å². The maximum Gasteiger partial charge on any atom is 0.226 e. The normalized spacial score (nSPS) is 17.0. The molecule has 0 aliphatic carbocycles. The minimum atomic E-state index is -0.0521. The molecule has 6 nitrogen and oxygen atoms in total. The van der Waals surface area contributed by atoms with Crippen molar-refractivity contribution in [3.8, 4) is 5.75 Å². The van der Waals surface area contributed by atoms with E-state index in [4.69, 9.17) is 9.47 Å². The predicted molar refractivity (Wildman–Crippen MR) is 95.7 cm³/mol. The maximum atomic E-state index is 12.3. The van der Waals surface area contributed by atoms with Crippen molar-refractivity contribution < 1.29 is 14.3 Å². The first kappa shape index (κ1) is 17.4. The quantitative estimate of drug-likeness (QED) is 0.806. The fourth-order valence-electron chi connectivity index (χ4n) is 2.68. The molecule has 1 aromatic carbocycles. The number of carbonyl (C=O) groups excluding carboxylic acids is 1. The Morgan fingerprint density at radius 2 is 2.16 bits per heavy atom. The number of nitrogens with zero attached hydrogens (tertiary/aromatic N) is 1. The average molecular weight is 341 g/mol. The van der Waals surface area contributed by atoms with Gasteiger partial charge in [-0.25, -0.2) is 0 Å². The summed E-state index contributed by atoms with van der Waals surface area (Å²) in [6, 6.07) is 13.4. The number of morpholine rings is 1. The molecule has 6 heteroatoms. The zero-order chi connectivity index (χ0) is 17.3. The molecule has 1 unspecified atom stereocenters. The molecule has 0 bridgehead atoms. The molecule has 1 atom stereocenters. The Labute approximate surface area is 147 Å². The van der Waals surface area contributed by atoms with E-state index in [2.05, 4.69) is 15.6 Å². The van der Waals surface area contributed by atoms with Gasteiger partial charge in [0.05, 0.1) is 25.5 Å². The molecule has 25 heavy (non-hydrogen) atoms. The van der Waals surface area contributed by atoms with Crippen molar-refractivity contribution in [3.63, 3.8) is 0 Å². The monoisotopic (exact) mass is 341 g/mol. The van der Waals surface area contributed by atoms with Crippen LogP contribution in [0.2, 0.25) is 0 Å². The number of aromatic nitrogens is 1. The molecule has 1 amide bonds. The molecular formula is C19H23N3O3. The zero-order valence-electron chi connectivity index (χ0n) is 14.1. The minimum Gasteiger partial charge on any atom is -0.491 e. The summed E-state index contributed by atoms with van der Waals surface area (Å²) in [4.78, 5) is 16.5. The molecular weight excluding hydrogens is 318 g/mol. The number of benzene rings is 1. The first-order valence-corrected chi connectivity index (χ1v) is 8.54. The second kappa shape index (κ2) is 9.15. The van der Waals surface area contributed by atoms with Gasteiger partial charge >= 0.3 is 0 Å². The van der Waals surface area contributed by atoms with Crippen molar-refractivity contribution in [3.05, 3.63) is 54.4 Å². The summed E-state index contributed by atoms with van der Waals surface area (Å²) in [5, 5.41) is 6.21. The van der Waals surface area contributed by atoms with Gasteiger partial charge in [-0.05, 0) is 24.3 Å². The van der Waals surface area contributed by atoms with Crippen molar-refractivity contribution in [2.45, 2.75) is 18.9 Å². The van der Waals surface area contributed by atoms with E-state index in [9.17, 15) is 4.79 Å². The van der Waals surface area contributed by atoms with Gasteiger partial charge in [-0.2, -0.15) is 0 Å². The molecule has 1 fully saturated rings. The van der Waals surface area contributed by atoms with E-state index in [1.165, 1.54) is 0 Å². The van der Waals surface area contributed by atoms with Gasteiger partial charge in [0.1, 0.15) is 5.75 Å². The fraction of sp³-hybridized carbons (Fsp3) is 0.368.